The van der Waals surface area contributed by atoms with Gasteiger partial charge in [-0.15, -0.1) is 0 Å². The van der Waals surface area contributed by atoms with Crippen LogP contribution in [0.3, 0.4) is 0 Å². The van der Waals surface area contributed by atoms with Gasteiger partial charge in [-0.2, -0.15) is 0 Å². The fourth-order valence-corrected chi connectivity index (χ4v) is 6.20. The Hall–Kier alpha value is -2.56. The van der Waals surface area contributed by atoms with Crippen LogP contribution >= 0.6 is 21.6 Å². The number of nitrogens with one attached hydrogen (secondary N) is 2. The van der Waals surface area contributed by atoms with Crippen molar-refractivity contribution in [1.29, 1.82) is 0 Å². The number of carbonyl (C=O) groups is 3. The average Bonchev–Trinajstić information content (AvgIpc) is 3.22. The normalized spacial score (nSPS) is 15.2. The van der Waals surface area contributed by atoms with Gasteiger partial charge in [0.1, 0.15) is 5.82 Å². The Bertz CT molecular complexity index is 1160. The highest BCUT2D eigenvalue weighted by molar-refractivity contribution is 8.76. The van der Waals surface area contributed by atoms with Crippen LogP contribution in [0.4, 0.5) is 4.39 Å². The van der Waals surface area contributed by atoms with E-state index in [4.69, 9.17) is 5.11 Å². The summed E-state index contributed by atoms with van der Waals surface area (Å²) in [5.41, 5.74) is 3.83. The summed E-state index contributed by atoms with van der Waals surface area (Å²) in [6.07, 6.45) is 8.96. The average molecular weight is 534 g/mol. The summed E-state index contributed by atoms with van der Waals surface area (Å²) in [6.45, 7) is 1.33. The van der Waals surface area contributed by atoms with Gasteiger partial charge in [0.25, 0.3) is 0 Å². The highest BCUT2D eigenvalue weighted by Crippen LogP contribution is 2.33. The molecule has 0 spiro atoms. The number of aromatic nitrogens is 1. The SMILES string of the molecule is CNCCc1c(C2=CCC(CN(C)C(=O)CCSSCCC(=O)O)C=C2)[nH]c2cc(F)cc(C=O)c12. The largest absolute Gasteiger partial charge is 0.481 e. The molecule has 1 aliphatic carbocycles. The molecule has 1 unspecified atom stereocenters. The number of aliphatic carboxylic acids is 1. The molecule has 0 fully saturated rings. The van der Waals surface area contributed by atoms with E-state index >= 15 is 0 Å². The van der Waals surface area contributed by atoms with Crippen molar-refractivity contribution >= 4 is 56.2 Å². The van der Waals surface area contributed by atoms with Gasteiger partial charge in [-0.1, -0.05) is 39.8 Å². The van der Waals surface area contributed by atoms with Crippen molar-refractivity contribution in [2.45, 2.75) is 25.7 Å². The Morgan fingerprint density at radius 2 is 2.03 bits per heavy atom. The molecule has 194 valence electrons. The number of likely N-dealkylation sites (N-methyl/N-ethyl adjacent to an activating group) is 1. The molecule has 3 rings (SSSR count). The maximum Gasteiger partial charge on any atom is 0.304 e. The second-order valence-corrected chi connectivity index (χ2v) is 11.4. The van der Waals surface area contributed by atoms with Crippen LogP contribution in [0.2, 0.25) is 0 Å². The van der Waals surface area contributed by atoms with Crippen LogP contribution < -0.4 is 5.32 Å². The summed E-state index contributed by atoms with van der Waals surface area (Å²) >= 11 is 0. The molecule has 3 N–H and O–H groups in total. The number of H-pyrrole nitrogens is 1. The van der Waals surface area contributed by atoms with Crippen LogP contribution in [-0.2, 0) is 16.0 Å². The summed E-state index contributed by atoms with van der Waals surface area (Å²) in [4.78, 5) is 39.7. The van der Waals surface area contributed by atoms with Gasteiger partial charge in [-0.25, -0.2) is 4.39 Å². The molecule has 2 aromatic rings. The number of carboxylic acids is 1. The Labute approximate surface area is 218 Å². The quantitative estimate of drug-likeness (QED) is 0.186. The van der Waals surface area contributed by atoms with Crippen LogP contribution in [0, 0.1) is 11.7 Å². The lowest BCUT2D eigenvalue weighted by atomic mass is 9.92. The van der Waals surface area contributed by atoms with Gasteiger partial charge in [-0.05, 0) is 55.6 Å². The lowest BCUT2D eigenvalue weighted by Crippen LogP contribution is -2.31. The summed E-state index contributed by atoms with van der Waals surface area (Å²) in [7, 11) is 6.68. The standard InChI is InChI=1S/C26H32FN3O4S2/c1-28-10-7-21-25-19(16-31)13-20(27)14-22(25)29-26(21)18-5-3-17(4-6-18)15-30(2)23(32)8-11-35-36-12-9-24(33)34/h3,5-6,13-14,16-17,28-29H,4,7-12,15H2,1-2H3,(H,33,34). The van der Waals surface area contributed by atoms with Crippen molar-refractivity contribution in [3.63, 3.8) is 0 Å². The minimum atomic E-state index is -0.810. The minimum Gasteiger partial charge on any atom is -0.481 e. The molecule has 1 aromatic heterocycles. The first kappa shape index (κ1) is 28.0. The smallest absolute Gasteiger partial charge is 0.304 e. The molecule has 10 heteroatoms. The lowest BCUT2D eigenvalue weighted by Gasteiger charge is -2.23. The number of carboxylic acid groups (broad SMARTS) is 1. The Morgan fingerprint density at radius 1 is 1.28 bits per heavy atom. The molecule has 1 aliphatic rings. The number of aldehydes is 1. The molecular formula is C26H32FN3O4S2. The van der Waals surface area contributed by atoms with Crippen molar-refractivity contribution < 1.29 is 23.9 Å². The van der Waals surface area contributed by atoms with Crippen LogP contribution in [0.1, 0.15) is 40.9 Å². The predicted molar refractivity (Wildman–Crippen MR) is 146 cm³/mol. The van der Waals surface area contributed by atoms with Crippen LogP contribution in [0.5, 0.6) is 0 Å². The van der Waals surface area contributed by atoms with E-state index in [9.17, 15) is 18.8 Å². The highest BCUT2D eigenvalue weighted by Gasteiger charge is 2.21. The second-order valence-electron chi connectivity index (χ2n) is 8.69. The second kappa shape index (κ2) is 13.7. The summed E-state index contributed by atoms with van der Waals surface area (Å²) in [5.74, 6) is 0.179. The fraction of sp³-hybridized carbons (Fsp3) is 0.423. The van der Waals surface area contributed by atoms with E-state index < -0.39 is 11.8 Å². The summed E-state index contributed by atoms with van der Waals surface area (Å²) in [6, 6.07) is 2.70. The number of halogens is 1. The van der Waals surface area contributed by atoms with Gasteiger partial charge < -0.3 is 20.3 Å². The Balaban J connectivity index is 1.61. The number of allylic oxidation sites excluding steroid dienone is 3. The van der Waals surface area contributed by atoms with E-state index in [2.05, 4.69) is 22.5 Å². The number of fused-ring (bicyclic) bond motifs is 1. The zero-order chi connectivity index (χ0) is 26.1. The first-order chi connectivity index (χ1) is 17.3. The van der Waals surface area contributed by atoms with Gasteiger partial charge in [0.2, 0.25) is 5.91 Å². The maximum absolute atomic E-state index is 14.0. The monoisotopic (exact) mass is 533 g/mol. The molecule has 1 heterocycles. The molecule has 0 saturated heterocycles. The zero-order valence-electron chi connectivity index (χ0n) is 20.5. The molecule has 0 saturated carbocycles. The number of amides is 1. The van der Waals surface area contributed by atoms with Crippen molar-refractivity contribution in [3.8, 4) is 0 Å². The van der Waals surface area contributed by atoms with Crippen molar-refractivity contribution in [1.82, 2.24) is 15.2 Å². The number of hydrogen-bond acceptors (Lipinski definition) is 6. The van der Waals surface area contributed by atoms with E-state index in [1.165, 1.54) is 33.7 Å². The van der Waals surface area contributed by atoms with Gasteiger partial charge in [0.15, 0.2) is 6.29 Å². The first-order valence-electron chi connectivity index (χ1n) is 11.9. The van der Waals surface area contributed by atoms with E-state index in [0.717, 1.165) is 35.2 Å². The predicted octanol–water partition coefficient (Wildman–Crippen LogP) is 4.55. The third-order valence-corrected chi connectivity index (χ3v) is 8.45. The van der Waals surface area contributed by atoms with E-state index in [0.29, 0.717) is 48.3 Å². The van der Waals surface area contributed by atoms with Gasteiger partial charge >= 0.3 is 5.97 Å². The minimum absolute atomic E-state index is 0.0675. The number of benzene rings is 1. The lowest BCUT2D eigenvalue weighted by molar-refractivity contribution is -0.136. The number of hydrogen-bond donors (Lipinski definition) is 3. The summed E-state index contributed by atoms with van der Waals surface area (Å²) < 4.78 is 14.0. The summed E-state index contributed by atoms with van der Waals surface area (Å²) in [5, 5.41) is 12.6. The van der Waals surface area contributed by atoms with Crippen LogP contribution in [0.25, 0.3) is 16.5 Å². The van der Waals surface area contributed by atoms with Crippen molar-refractivity contribution in [3.05, 3.63) is 53.0 Å². The fourth-order valence-electron chi connectivity index (χ4n) is 4.24. The van der Waals surface area contributed by atoms with Crippen molar-refractivity contribution in [2.75, 3.05) is 38.7 Å². The van der Waals surface area contributed by atoms with E-state index in [1.54, 1.807) is 11.9 Å². The van der Waals surface area contributed by atoms with Gasteiger partial charge in [0.05, 0.1) is 6.42 Å². The number of carbonyl (C=O) groups excluding carboxylic acids is 2. The van der Waals surface area contributed by atoms with Gasteiger partial charge in [-0.3, -0.25) is 14.4 Å². The van der Waals surface area contributed by atoms with E-state index in [-0.39, 0.29) is 18.2 Å². The molecule has 0 aliphatic heterocycles. The van der Waals surface area contributed by atoms with Crippen molar-refractivity contribution in [2.24, 2.45) is 5.92 Å². The highest BCUT2D eigenvalue weighted by atomic mass is 33.1. The molecule has 1 amide bonds. The molecule has 0 radical (unpaired) electrons. The molecule has 0 bridgehead atoms. The Morgan fingerprint density at radius 3 is 2.67 bits per heavy atom. The third-order valence-electron chi connectivity index (χ3n) is 6.04. The van der Waals surface area contributed by atoms with Crippen LogP contribution in [-0.4, -0.2) is 71.8 Å². The zero-order valence-corrected chi connectivity index (χ0v) is 22.1. The number of rotatable bonds is 14. The number of nitrogens with zero attached hydrogens (tertiary/aromatic N) is 1. The molecule has 36 heavy (non-hydrogen) atoms. The van der Waals surface area contributed by atoms with E-state index in [1.807, 2.05) is 13.1 Å². The first-order valence-corrected chi connectivity index (χ1v) is 14.4. The Kier molecular flexibility index (Phi) is 10.6. The molecule has 1 atom stereocenters. The molecule has 7 nitrogen and oxygen atoms in total. The van der Waals surface area contributed by atoms with Gasteiger partial charge in [0, 0.05) is 53.7 Å². The maximum atomic E-state index is 14.0. The topological polar surface area (TPSA) is 102 Å². The van der Waals surface area contributed by atoms with Crippen LogP contribution in [0.15, 0.2) is 30.4 Å². The number of aromatic amines is 1. The molecular weight excluding hydrogens is 501 g/mol. The third kappa shape index (κ3) is 7.47. The molecule has 1 aromatic carbocycles.